The third-order valence-corrected chi connectivity index (χ3v) is 3.67. The molecule has 1 aromatic rings. The van der Waals surface area contributed by atoms with Crippen LogP contribution in [0.25, 0.3) is 0 Å². The Hall–Kier alpha value is -1.69. The van der Waals surface area contributed by atoms with E-state index in [1.807, 2.05) is 0 Å². The number of fused-ring (bicyclic) bond motifs is 1. The number of nitrogens with zero attached hydrogens (tertiary/aromatic N) is 1. The van der Waals surface area contributed by atoms with Crippen LogP contribution in [0.2, 0.25) is 0 Å². The molecule has 2 rings (SSSR count). The molecule has 0 saturated carbocycles. The molecule has 0 fully saturated rings. The molecular weight excluding hydrogens is 206 g/mol. The van der Waals surface area contributed by atoms with Crippen molar-refractivity contribution in [2.24, 2.45) is 5.16 Å². The van der Waals surface area contributed by atoms with Gasteiger partial charge in [0.2, 0.25) is 20.7 Å². The third kappa shape index (κ3) is 0.912. The molecule has 0 unspecified atom stereocenters. The molecule has 0 aliphatic carbocycles. The summed E-state index contributed by atoms with van der Waals surface area (Å²) in [6.07, 6.45) is 0. The molecule has 6 heteroatoms. The largest absolute Gasteiger partial charge is 0.410 e. The normalized spacial score (nSPS) is 21.1. The van der Waals surface area contributed by atoms with Gasteiger partial charge >= 0.3 is 0 Å². The summed E-state index contributed by atoms with van der Waals surface area (Å²) in [5, 5.41) is 10.1. The Balaban J connectivity index is 2.88. The van der Waals surface area contributed by atoms with Crippen LogP contribution in [0.5, 0.6) is 0 Å². The molecule has 1 aliphatic rings. The minimum atomic E-state index is -3.90. The number of carbonyl (C=O) groups excluding carboxylic acids is 1. The van der Waals surface area contributed by atoms with Gasteiger partial charge in [-0.1, -0.05) is 17.3 Å². The fraction of sp³-hybridized carbons (Fsp3) is 0. The van der Waals surface area contributed by atoms with E-state index in [0.717, 1.165) is 0 Å². The van der Waals surface area contributed by atoms with Crippen molar-refractivity contribution < 1.29 is 18.4 Å². The summed E-state index contributed by atoms with van der Waals surface area (Å²) in [4.78, 5) is 11.3. The standard InChI is InChI=1S/C8H5NO4S/c10-7-5-3-1-2-4-6(5)14(12,13)8(7)9-11/h1-4,11H/b9-8+. The molecule has 72 valence electrons. The summed E-state index contributed by atoms with van der Waals surface area (Å²) in [6.45, 7) is 0. The van der Waals surface area contributed by atoms with Gasteiger partial charge in [-0.3, -0.25) is 4.79 Å². The summed E-state index contributed by atoms with van der Waals surface area (Å²) in [6, 6.07) is 5.74. The molecule has 1 aliphatic heterocycles. The van der Waals surface area contributed by atoms with E-state index in [-0.39, 0.29) is 10.5 Å². The quantitative estimate of drug-likeness (QED) is 0.498. The average Bonchev–Trinajstić information content (AvgIpc) is 2.36. The Morgan fingerprint density at radius 1 is 1.21 bits per heavy atom. The molecule has 0 bridgehead atoms. The Labute approximate surface area is 79.6 Å². The minimum Gasteiger partial charge on any atom is -0.410 e. The lowest BCUT2D eigenvalue weighted by Crippen LogP contribution is -2.14. The van der Waals surface area contributed by atoms with Crippen LogP contribution in [0.3, 0.4) is 0 Å². The lowest BCUT2D eigenvalue weighted by molar-refractivity contribution is 0.106. The summed E-state index contributed by atoms with van der Waals surface area (Å²) in [5.41, 5.74) is 0.0558. The van der Waals surface area contributed by atoms with Gasteiger partial charge in [0.05, 0.1) is 4.90 Å². The van der Waals surface area contributed by atoms with Crippen LogP contribution in [0.15, 0.2) is 34.3 Å². The molecule has 0 amide bonds. The topological polar surface area (TPSA) is 83.8 Å². The zero-order valence-corrected chi connectivity index (χ0v) is 7.65. The molecular formula is C8H5NO4S. The van der Waals surface area contributed by atoms with Crippen LogP contribution >= 0.6 is 0 Å². The van der Waals surface area contributed by atoms with Gasteiger partial charge in [0.15, 0.2) is 0 Å². The number of oxime groups is 1. The zero-order valence-electron chi connectivity index (χ0n) is 6.84. The van der Waals surface area contributed by atoms with Gasteiger partial charge < -0.3 is 5.21 Å². The predicted molar refractivity (Wildman–Crippen MR) is 47.2 cm³/mol. The van der Waals surface area contributed by atoms with Gasteiger partial charge in [0, 0.05) is 5.56 Å². The lowest BCUT2D eigenvalue weighted by Gasteiger charge is -1.92. The van der Waals surface area contributed by atoms with Crippen molar-refractivity contribution in [2.45, 2.75) is 4.90 Å². The van der Waals surface area contributed by atoms with Gasteiger partial charge in [0.25, 0.3) is 0 Å². The number of hydrogen-bond donors (Lipinski definition) is 1. The van der Waals surface area contributed by atoms with Crippen molar-refractivity contribution in [3.05, 3.63) is 29.8 Å². The number of carbonyl (C=O) groups is 1. The first-order chi connectivity index (χ1) is 6.59. The summed E-state index contributed by atoms with van der Waals surface area (Å²) in [5.74, 6) is -0.761. The van der Waals surface area contributed by atoms with Gasteiger partial charge in [-0.15, -0.1) is 0 Å². The van der Waals surface area contributed by atoms with Crippen molar-refractivity contribution in [1.29, 1.82) is 0 Å². The molecule has 0 aromatic heterocycles. The Bertz CT molecular complexity index is 544. The van der Waals surface area contributed by atoms with Crippen molar-refractivity contribution in [2.75, 3.05) is 0 Å². The van der Waals surface area contributed by atoms with Gasteiger partial charge in [-0.2, -0.15) is 0 Å². The number of benzene rings is 1. The Morgan fingerprint density at radius 2 is 1.86 bits per heavy atom. The van der Waals surface area contributed by atoms with Crippen molar-refractivity contribution >= 4 is 20.7 Å². The fourth-order valence-electron chi connectivity index (χ4n) is 1.33. The van der Waals surface area contributed by atoms with E-state index >= 15 is 0 Å². The van der Waals surface area contributed by atoms with Gasteiger partial charge in [0.1, 0.15) is 0 Å². The molecule has 1 heterocycles. The summed E-state index contributed by atoms with van der Waals surface area (Å²) >= 11 is 0. The van der Waals surface area contributed by atoms with E-state index in [9.17, 15) is 13.2 Å². The van der Waals surface area contributed by atoms with Crippen LogP contribution in [-0.2, 0) is 9.84 Å². The van der Waals surface area contributed by atoms with Crippen molar-refractivity contribution in [3.63, 3.8) is 0 Å². The predicted octanol–water partition coefficient (Wildman–Crippen LogP) is 0.444. The second-order valence-electron chi connectivity index (χ2n) is 2.73. The van der Waals surface area contributed by atoms with Crippen molar-refractivity contribution in [1.82, 2.24) is 0 Å². The first kappa shape index (κ1) is 8.89. The van der Waals surface area contributed by atoms with E-state index < -0.39 is 20.7 Å². The number of Topliss-reactive ketones (excluding diaryl/α,β-unsaturated/α-hetero) is 1. The van der Waals surface area contributed by atoms with E-state index in [1.54, 1.807) is 6.07 Å². The molecule has 14 heavy (non-hydrogen) atoms. The molecule has 5 nitrogen and oxygen atoms in total. The zero-order chi connectivity index (χ0) is 10.3. The molecule has 0 saturated heterocycles. The Kier molecular flexibility index (Phi) is 1.68. The highest BCUT2D eigenvalue weighted by Gasteiger charge is 2.41. The number of hydrogen-bond acceptors (Lipinski definition) is 5. The first-order valence-corrected chi connectivity index (χ1v) is 5.18. The number of sulfone groups is 1. The van der Waals surface area contributed by atoms with Crippen LogP contribution in [-0.4, -0.2) is 24.5 Å². The fourth-order valence-corrected chi connectivity index (χ4v) is 2.71. The number of ketones is 1. The monoisotopic (exact) mass is 211 g/mol. The van der Waals surface area contributed by atoms with Crippen LogP contribution in [0, 0.1) is 0 Å². The maximum Gasteiger partial charge on any atom is 0.246 e. The number of rotatable bonds is 0. The smallest absolute Gasteiger partial charge is 0.246 e. The maximum atomic E-state index is 11.5. The second-order valence-corrected chi connectivity index (χ2v) is 4.57. The lowest BCUT2D eigenvalue weighted by atomic mass is 10.1. The van der Waals surface area contributed by atoms with Gasteiger partial charge in [-0.05, 0) is 12.1 Å². The highest BCUT2D eigenvalue weighted by molar-refractivity contribution is 8.09. The molecule has 0 spiro atoms. The highest BCUT2D eigenvalue weighted by Crippen LogP contribution is 2.27. The van der Waals surface area contributed by atoms with E-state index in [4.69, 9.17) is 5.21 Å². The van der Waals surface area contributed by atoms with Gasteiger partial charge in [-0.25, -0.2) is 8.42 Å². The molecule has 0 atom stereocenters. The molecule has 1 aromatic carbocycles. The molecule has 0 radical (unpaired) electrons. The SMILES string of the molecule is O=C1/C(=N\O)S(=O)(=O)c2ccccc21. The maximum absolute atomic E-state index is 11.5. The van der Waals surface area contributed by atoms with Crippen molar-refractivity contribution in [3.8, 4) is 0 Å². The molecule has 1 N–H and O–H groups in total. The van der Waals surface area contributed by atoms with E-state index in [1.165, 1.54) is 18.2 Å². The highest BCUT2D eigenvalue weighted by atomic mass is 32.2. The first-order valence-electron chi connectivity index (χ1n) is 3.70. The average molecular weight is 211 g/mol. The summed E-state index contributed by atoms with van der Waals surface area (Å²) < 4.78 is 23.0. The Morgan fingerprint density at radius 3 is 2.43 bits per heavy atom. The third-order valence-electron chi connectivity index (χ3n) is 1.96. The second kappa shape index (κ2) is 2.65. The minimum absolute atomic E-state index is 0.0558. The van der Waals surface area contributed by atoms with Crippen LogP contribution in [0.4, 0.5) is 0 Å². The van der Waals surface area contributed by atoms with Crippen LogP contribution < -0.4 is 0 Å². The summed E-state index contributed by atoms with van der Waals surface area (Å²) in [7, 11) is -3.90. The van der Waals surface area contributed by atoms with E-state index in [2.05, 4.69) is 5.16 Å². The van der Waals surface area contributed by atoms with E-state index in [0.29, 0.717) is 0 Å². The van der Waals surface area contributed by atoms with Crippen LogP contribution in [0.1, 0.15) is 10.4 Å².